The summed E-state index contributed by atoms with van der Waals surface area (Å²) < 4.78 is 94.0. The van der Waals surface area contributed by atoms with Gasteiger partial charge in [-0.1, -0.05) is 6.92 Å². The quantitative estimate of drug-likeness (QED) is 0.499. The van der Waals surface area contributed by atoms with Crippen LogP contribution in [0.25, 0.3) is 0 Å². The molecule has 6 nitrogen and oxygen atoms in total. The number of thiophene rings is 1. The van der Waals surface area contributed by atoms with Crippen molar-refractivity contribution in [1.29, 1.82) is 0 Å². The van der Waals surface area contributed by atoms with Gasteiger partial charge in [-0.25, -0.2) is 18.2 Å². The van der Waals surface area contributed by atoms with Gasteiger partial charge in [0.15, 0.2) is 9.84 Å². The molecule has 2 heterocycles. The summed E-state index contributed by atoms with van der Waals surface area (Å²) in [6.45, 7) is 0.985. The molecule has 0 aromatic carbocycles. The van der Waals surface area contributed by atoms with Gasteiger partial charge in [0.25, 0.3) is 0 Å². The molecule has 0 aliphatic carbocycles. The topological polar surface area (TPSA) is 85.4 Å². The lowest BCUT2D eigenvalue weighted by atomic mass is 10.2. The number of nitrogens with one attached hydrogen (secondary N) is 1. The van der Waals surface area contributed by atoms with Gasteiger partial charge in [0.2, 0.25) is 0 Å². The Morgan fingerprint density at radius 2 is 1.93 bits per heavy atom. The first kappa shape index (κ1) is 23.0. The number of nitrogens with zero attached hydrogens (tertiary/aromatic N) is 1. The number of esters is 1. The number of carbonyl (C=O) groups excluding carboxylic acids is 1. The SMILES string of the molecule is CCS(=O)(=O)c1cccnc1NCc1sc(C(F)(F)C(F)(F)F)cc1C(=O)OC. The van der Waals surface area contributed by atoms with Crippen LogP contribution in [0.2, 0.25) is 0 Å². The van der Waals surface area contributed by atoms with Crippen LogP contribution in [-0.2, 0) is 27.0 Å². The molecule has 2 aromatic heterocycles. The summed E-state index contributed by atoms with van der Waals surface area (Å²) in [6.07, 6.45) is -4.57. The van der Waals surface area contributed by atoms with E-state index in [1.54, 1.807) is 0 Å². The lowest BCUT2D eigenvalue weighted by molar-refractivity contribution is -0.287. The van der Waals surface area contributed by atoms with Crippen LogP contribution in [-0.4, -0.2) is 38.4 Å². The molecule has 0 amide bonds. The summed E-state index contributed by atoms with van der Waals surface area (Å²) in [7, 11) is -2.74. The van der Waals surface area contributed by atoms with E-state index in [4.69, 9.17) is 0 Å². The standard InChI is InChI=1S/C16H15F5N2O4S2/c1-3-29(25,26)11-5-4-6-22-13(11)23-8-10-9(14(24)27-2)7-12(28-10)15(17,18)16(19,20)21/h4-7H,3,8H2,1-2H3,(H,22,23). The largest absolute Gasteiger partial charge is 0.465 e. The van der Waals surface area contributed by atoms with Gasteiger partial charge in [-0.15, -0.1) is 11.3 Å². The highest BCUT2D eigenvalue weighted by Gasteiger charge is 2.60. The van der Waals surface area contributed by atoms with Crippen molar-refractivity contribution >= 4 is 33.0 Å². The third kappa shape index (κ3) is 4.66. The van der Waals surface area contributed by atoms with Crippen molar-refractivity contribution in [1.82, 2.24) is 4.98 Å². The molecule has 0 aliphatic heterocycles. The van der Waals surface area contributed by atoms with E-state index < -0.39 is 44.9 Å². The molecule has 2 rings (SSSR count). The number of pyridine rings is 1. The Morgan fingerprint density at radius 1 is 1.28 bits per heavy atom. The molecule has 29 heavy (non-hydrogen) atoms. The van der Waals surface area contributed by atoms with Crippen LogP contribution in [0.4, 0.5) is 27.8 Å². The summed E-state index contributed by atoms with van der Waals surface area (Å²) in [5, 5.41) is 2.58. The minimum absolute atomic E-state index is 0.0648. The molecule has 0 radical (unpaired) electrons. The molecule has 13 heteroatoms. The van der Waals surface area contributed by atoms with Gasteiger partial charge in [-0.05, 0) is 18.2 Å². The Hall–Kier alpha value is -2.28. The number of halogens is 5. The summed E-state index contributed by atoms with van der Waals surface area (Å²) in [4.78, 5) is 13.9. The van der Waals surface area contributed by atoms with Crippen LogP contribution in [0, 0.1) is 0 Å². The van der Waals surface area contributed by atoms with E-state index in [1.807, 2.05) is 0 Å². The van der Waals surface area contributed by atoms with Crippen molar-refractivity contribution in [2.75, 3.05) is 18.2 Å². The fourth-order valence-electron chi connectivity index (χ4n) is 2.23. The molecule has 0 unspecified atom stereocenters. The van der Waals surface area contributed by atoms with Crippen LogP contribution in [0.15, 0.2) is 29.3 Å². The highest BCUT2D eigenvalue weighted by atomic mass is 32.2. The number of hydrogen-bond donors (Lipinski definition) is 1. The second kappa shape index (κ2) is 8.22. The maximum Gasteiger partial charge on any atom is 0.458 e. The molecule has 0 saturated carbocycles. The summed E-state index contributed by atoms with van der Waals surface area (Å²) in [6, 6.07) is 3.07. The van der Waals surface area contributed by atoms with Crippen LogP contribution in [0.1, 0.15) is 27.0 Å². The number of carbonyl (C=O) groups is 1. The van der Waals surface area contributed by atoms with Gasteiger partial charge in [0.05, 0.1) is 29.8 Å². The van der Waals surface area contributed by atoms with Gasteiger partial charge >= 0.3 is 18.1 Å². The highest BCUT2D eigenvalue weighted by molar-refractivity contribution is 7.91. The third-order valence-corrected chi connectivity index (χ3v) is 6.75. The first-order valence-corrected chi connectivity index (χ1v) is 10.4. The Labute approximate surface area is 166 Å². The van der Waals surface area contributed by atoms with Crippen LogP contribution in [0.3, 0.4) is 0 Å². The molecule has 0 spiro atoms. The van der Waals surface area contributed by atoms with Crippen molar-refractivity contribution in [2.45, 2.75) is 30.5 Å². The number of ether oxygens (including phenoxy) is 1. The average Bonchev–Trinajstić information content (AvgIpc) is 3.10. The molecular formula is C16H15F5N2O4S2. The van der Waals surface area contributed by atoms with Gasteiger partial charge in [0.1, 0.15) is 10.7 Å². The fraction of sp³-hybridized carbons (Fsp3) is 0.375. The van der Waals surface area contributed by atoms with Crippen molar-refractivity contribution in [3.05, 3.63) is 39.7 Å². The Morgan fingerprint density at radius 3 is 2.48 bits per heavy atom. The van der Waals surface area contributed by atoms with Gasteiger partial charge in [-0.3, -0.25) is 0 Å². The monoisotopic (exact) mass is 458 g/mol. The number of anilines is 1. The molecule has 2 aromatic rings. The van der Waals surface area contributed by atoms with Crippen molar-refractivity contribution in [2.24, 2.45) is 0 Å². The maximum atomic E-state index is 13.7. The zero-order valence-electron chi connectivity index (χ0n) is 15.0. The lowest BCUT2D eigenvalue weighted by Crippen LogP contribution is -2.32. The lowest BCUT2D eigenvalue weighted by Gasteiger charge is -2.17. The van der Waals surface area contributed by atoms with Gasteiger partial charge < -0.3 is 10.1 Å². The van der Waals surface area contributed by atoms with E-state index in [0.717, 1.165) is 7.11 Å². The second-order valence-electron chi connectivity index (χ2n) is 5.62. The number of aromatic nitrogens is 1. The zero-order valence-corrected chi connectivity index (χ0v) is 16.6. The van der Waals surface area contributed by atoms with Gasteiger partial charge in [0, 0.05) is 11.1 Å². The molecule has 0 fully saturated rings. The van der Waals surface area contributed by atoms with E-state index in [-0.39, 0.29) is 32.7 Å². The van der Waals surface area contributed by atoms with Gasteiger partial charge in [-0.2, -0.15) is 22.0 Å². The van der Waals surface area contributed by atoms with E-state index in [0.29, 0.717) is 6.07 Å². The molecule has 0 aliphatic rings. The van der Waals surface area contributed by atoms with Crippen LogP contribution >= 0.6 is 11.3 Å². The van der Waals surface area contributed by atoms with Crippen molar-refractivity contribution in [3.63, 3.8) is 0 Å². The Kier molecular flexibility index (Phi) is 6.52. The number of alkyl halides is 5. The first-order valence-electron chi connectivity index (χ1n) is 7.92. The summed E-state index contributed by atoms with van der Waals surface area (Å²) in [5.41, 5.74) is -0.486. The Balaban J connectivity index is 2.43. The molecule has 0 atom stereocenters. The minimum Gasteiger partial charge on any atom is -0.465 e. The zero-order chi connectivity index (χ0) is 22.0. The normalized spacial score (nSPS) is 12.7. The molecule has 160 valence electrons. The average molecular weight is 458 g/mol. The summed E-state index contributed by atoms with van der Waals surface area (Å²) in [5.74, 6) is -6.63. The number of sulfone groups is 1. The number of hydrogen-bond acceptors (Lipinski definition) is 7. The smallest absolute Gasteiger partial charge is 0.458 e. The van der Waals surface area contributed by atoms with Crippen LogP contribution < -0.4 is 5.32 Å². The fourth-order valence-corrected chi connectivity index (χ4v) is 4.33. The maximum absolute atomic E-state index is 13.7. The molecule has 1 N–H and O–H groups in total. The number of methoxy groups -OCH3 is 1. The predicted octanol–water partition coefficient (Wildman–Crippen LogP) is 3.99. The van der Waals surface area contributed by atoms with E-state index in [1.165, 1.54) is 25.3 Å². The first-order chi connectivity index (χ1) is 13.3. The van der Waals surface area contributed by atoms with Crippen molar-refractivity contribution < 1.29 is 39.9 Å². The highest BCUT2D eigenvalue weighted by Crippen LogP contribution is 2.47. The molecule has 0 bridgehead atoms. The molecular weight excluding hydrogens is 443 g/mol. The Bertz CT molecular complexity index is 1000. The van der Waals surface area contributed by atoms with Crippen LogP contribution in [0.5, 0.6) is 0 Å². The minimum atomic E-state index is -5.85. The van der Waals surface area contributed by atoms with Crippen molar-refractivity contribution in [3.8, 4) is 0 Å². The summed E-state index contributed by atoms with van der Waals surface area (Å²) >= 11 is 0.0648. The third-order valence-electron chi connectivity index (χ3n) is 3.78. The van der Waals surface area contributed by atoms with E-state index in [9.17, 15) is 35.2 Å². The molecule has 0 saturated heterocycles. The van der Waals surface area contributed by atoms with E-state index >= 15 is 0 Å². The number of rotatable bonds is 7. The van der Waals surface area contributed by atoms with E-state index in [2.05, 4.69) is 15.0 Å². The second-order valence-corrected chi connectivity index (χ2v) is 9.00. The predicted molar refractivity (Wildman–Crippen MR) is 94.9 cm³/mol.